The lowest BCUT2D eigenvalue weighted by Crippen LogP contribution is -2.40. The summed E-state index contributed by atoms with van der Waals surface area (Å²) in [5.74, 6) is 1.00. The van der Waals surface area contributed by atoms with Gasteiger partial charge in [-0.1, -0.05) is 48.9 Å². The predicted molar refractivity (Wildman–Crippen MR) is 134 cm³/mol. The molecule has 0 atom stereocenters. The van der Waals surface area contributed by atoms with E-state index in [0.717, 1.165) is 45.7 Å². The first kappa shape index (κ1) is 23.5. The second-order valence-electron chi connectivity index (χ2n) is 8.25. The molecule has 2 amide bonds. The quantitative estimate of drug-likeness (QED) is 0.413. The van der Waals surface area contributed by atoms with Gasteiger partial charge in [0.15, 0.2) is 0 Å². The second-order valence-corrected chi connectivity index (χ2v) is 9.93. The molecular formula is C26H28N4O3S. The van der Waals surface area contributed by atoms with Gasteiger partial charge in [0.25, 0.3) is 10.0 Å². The van der Waals surface area contributed by atoms with Crippen LogP contribution in [0.25, 0.3) is 16.7 Å². The number of aromatic nitrogens is 2. The standard InChI is InChI=1S/C26H28N4O3S/c1-4-24-28-25-19(3)6-5-7-23(25)30(24)21-12-10-20(11-13-21)16-17-27-26(31)29-34(32,33)22-14-8-18(2)9-15-22/h5-15H,4,16-17H2,1-3H3,(H2,27,29,31). The van der Waals surface area contributed by atoms with Gasteiger partial charge in [0.2, 0.25) is 0 Å². The number of nitrogens with one attached hydrogen (secondary N) is 2. The molecule has 0 spiro atoms. The van der Waals surface area contributed by atoms with E-state index in [0.29, 0.717) is 13.0 Å². The summed E-state index contributed by atoms with van der Waals surface area (Å²) in [6.45, 7) is 6.33. The summed E-state index contributed by atoms with van der Waals surface area (Å²) < 4.78 is 28.9. The number of hydrogen-bond donors (Lipinski definition) is 2. The van der Waals surface area contributed by atoms with Crippen molar-refractivity contribution >= 4 is 27.1 Å². The number of sulfonamides is 1. The Labute approximate surface area is 199 Å². The largest absolute Gasteiger partial charge is 0.337 e. The van der Waals surface area contributed by atoms with Crippen LogP contribution in [0.2, 0.25) is 0 Å². The van der Waals surface area contributed by atoms with Crippen LogP contribution in [0.3, 0.4) is 0 Å². The first-order chi connectivity index (χ1) is 16.3. The molecule has 1 aromatic heterocycles. The molecule has 3 aromatic carbocycles. The molecule has 0 aliphatic rings. The highest BCUT2D eigenvalue weighted by molar-refractivity contribution is 7.90. The van der Waals surface area contributed by atoms with Crippen LogP contribution in [0, 0.1) is 13.8 Å². The number of urea groups is 1. The Balaban J connectivity index is 1.39. The minimum absolute atomic E-state index is 0.0532. The molecule has 2 N–H and O–H groups in total. The number of benzene rings is 3. The fourth-order valence-corrected chi connectivity index (χ4v) is 4.81. The normalized spacial score (nSPS) is 11.5. The van der Waals surface area contributed by atoms with Gasteiger partial charge >= 0.3 is 6.03 Å². The third-order valence-electron chi connectivity index (χ3n) is 5.72. The molecule has 176 valence electrons. The fraction of sp³-hybridized carbons (Fsp3) is 0.231. The summed E-state index contributed by atoms with van der Waals surface area (Å²) in [7, 11) is -3.90. The van der Waals surface area contributed by atoms with Crippen LogP contribution in [0.1, 0.15) is 29.4 Å². The van der Waals surface area contributed by atoms with E-state index in [1.165, 1.54) is 12.1 Å². The lowest BCUT2D eigenvalue weighted by atomic mass is 10.1. The second kappa shape index (κ2) is 9.69. The fourth-order valence-electron chi connectivity index (χ4n) is 3.88. The number of imidazole rings is 1. The van der Waals surface area contributed by atoms with Gasteiger partial charge in [-0.25, -0.2) is 22.9 Å². The average Bonchev–Trinajstić information content (AvgIpc) is 3.19. The predicted octanol–water partition coefficient (Wildman–Crippen LogP) is 4.44. The topological polar surface area (TPSA) is 93.1 Å². The Bertz CT molecular complexity index is 1420. The Hall–Kier alpha value is -3.65. The van der Waals surface area contributed by atoms with E-state index in [-0.39, 0.29) is 4.90 Å². The van der Waals surface area contributed by atoms with E-state index in [2.05, 4.69) is 40.6 Å². The molecule has 0 unspecified atom stereocenters. The Morgan fingerprint density at radius 1 is 0.971 bits per heavy atom. The number of amides is 2. The van der Waals surface area contributed by atoms with E-state index in [1.54, 1.807) is 12.1 Å². The third kappa shape index (κ3) is 4.97. The Kier molecular flexibility index (Phi) is 6.70. The zero-order valence-corrected chi connectivity index (χ0v) is 20.3. The van der Waals surface area contributed by atoms with Crippen molar-refractivity contribution in [2.45, 2.75) is 38.5 Å². The van der Waals surface area contributed by atoms with Crippen molar-refractivity contribution in [3.8, 4) is 5.69 Å². The summed E-state index contributed by atoms with van der Waals surface area (Å²) in [6, 6.07) is 19.9. The van der Waals surface area contributed by atoms with Crippen molar-refractivity contribution in [3.05, 3.63) is 89.2 Å². The first-order valence-electron chi connectivity index (χ1n) is 11.2. The van der Waals surface area contributed by atoms with Gasteiger partial charge in [-0.3, -0.25) is 4.57 Å². The van der Waals surface area contributed by atoms with Crippen LogP contribution >= 0.6 is 0 Å². The maximum Gasteiger partial charge on any atom is 0.328 e. The van der Waals surface area contributed by atoms with Gasteiger partial charge in [0.05, 0.1) is 15.9 Å². The number of hydrogen-bond acceptors (Lipinski definition) is 4. The van der Waals surface area contributed by atoms with Crippen LogP contribution in [0.15, 0.2) is 71.6 Å². The summed E-state index contributed by atoms with van der Waals surface area (Å²) in [6.07, 6.45) is 1.39. The molecule has 0 aliphatic carbocycles. The average molecular weight is 477 g/mol. The van der Waals surface area contributed by atoms with Gasteiger partial charge < -0.3 is 5.32 Å². The maximum absolute atomic E-state index is 12.3. The lowest BCUT2D eigenvalue weighted by molar-refractivity contribution is 0.246. The molecule has 0 radical (unpaired) electrons. The van der Waals surface area contributed by atoms with Crippen molar-refractivity contribution in [2.24, 2.45) is 0 Å². The van der Waals surface area contributed by atoms with Crippen LogP contribution in [-0.4, -0.2) is 30.5 Å². The molecule has 0 saturated heterocycles. The van der Waals surface area contributed by atoms with E-state index >= 15 is 0 Å². The minimum Gasteiger partial charge on any atom is -0.337 e. The van der Waals surface area contributed by atoms with Crippen molar-refractivity contribution in [1.29, 1.82) is 0 Å². The Morgan fingerprint density at radius 3 is 2.35 bits per heavy atom. The van der Waals surface area contributed by atoms with Crippen molar-refractivity contribution in [1.82, 2.24) is 19.6 Å². The molecule has 8 heteroatoms. The minimum atomic E-state index is -3.90. The monoisotopic (exact) mass is 476 g/mol. The molecule has 0 fully saturated rings. The van der Waals surface area contributed by atoms with E-state index in [9.17, 15) is 13.2 Å². The van der Waals surface area contributed by atoms with E-state index in [4.69, 9.17) is 4.98 Å². The number of fused-ring (bicyclic) bond motifs is 1. The highest BCUT2D eigenvalue weighted by Crippen LogP contribution is 2.24. The summed E-state index contributed by atoms with van der Waals surface area (Å²) in [4.78, 5) is 17.0. The van der Waals surface area contributed by atoms with Crippen molar-refractivity contribution in [2.75, 3.05) is 6.54 Å². The molecule has 4 aromatic rings. The molecule has 34 heavy (non-hydrogen) atoms. The number of nitrogens with zero attached hydrogens (tertiary/aromatic N) is 2. The van der Waals surface area contributed by atoms with E-state index in [1.807, 2.05) is 37.3 Å². The smallest absolute Gasteiger partial charge is 0.328 e. The van der Waals surface area contributed by atoms with Crippen LogP contribution in [-0.2, 0) is 22.9 Å². The van der Waals surface area contributed by atoms with Crippen LogP contribution in [0.5, 0.6) is 0 Å². The zero-order valence-electron chi connectivity index (χ0n) is 19.5. The SMILES string of the molecule is CCc1nc2c(C)cccc2n1-c1ccc(CCNC(=O)NS(=O)(=O)c2ccc(C)cc2)cc1. The molecule has 1 heterocycles. The number of carbonyl (C=O) groups excluding carboxylic acids is 1. The molecule has 0 aliphatic heterocycles. The van der Waals surface area contributed by atoms with E-state index < -0.39 is 16.1 Å². The molecule has 4 rings (SSSR count). The molecule has 0 bridgehead atoms. The number of carbonyl (C=O) groups is 1. The summed E-state index contributed by atoms with van der Waals surface area (Å²) in [5, 5.41) is 2.61. The molecule has 7 nitrogen and oxygen atoms in total. The van der Waals surface area contributed by atoms with Gasteiger partial charge in [0.1, 0.15) is 5.82 Å². The number of aryl methyl sites for hydroxylation is 3. The van der Waals surface area contributed by atoms with Crippen LogP contribution in [0.4, 0.5) is 4.79 Å². The van der Waals surface area contributed by atoms with Crippen molar-refractivity contribution < 1.29 is 13.2 Å². The van der Waals surface area contributed by atoms with Gasteiger partial charge in [-0.05, 0) is 61.7 Å². The first-order valence-corrected chi connectivity index (χ1v) is 12.7. The third-order valence-corrected chi connectivity index (χ3v) is 7.07. The molecule has 0 saturated carbocycles. The lowest BCUT2D eigenvalue weighted by Gasteiger charge is -2.11. The number of rotatable bonds is 7. The summed E-state index contributed by atoms with van der Waals surface area (Å²) in [5.41, 5.74) is 6.25. The maximum atomic E-state index is 12.3. The van der Waals surface area contributed by atoms with Gasteiger partial charge in [0, 0.05) is 18.7 Å². The number of para-hydroxylation sites is 1. The molecular weight excluding hydrogens is 448 g/mol. The Morgan fingerprint density at radius 2 is 1.68 bits per heavy atom. The zero-order chi connectivity index (χ0) is 24.3. The van der Waals surface area contributed by atoms with Gasteiger partial charge in [-0.2, -0.15) is 0 Å². The van der Waals surface area contributed by atoms with Crippen LogP contribution < -0.4 is 10.0 Å². The summed E-state index contributed by atoms with van der Waals surface area (Å²) >= 11 is 0. The van der Waals surface area contributed by atoms with Gasteiger partial charge in [-0.15, -0.1) is 0 Å². The highest BCUT2D eigenvalue weighted by atomic mass is 32.2. The van der Waals surface area contributed by atoms with Crippen molar-refractivity contribution in [3.63, 3.8) is 0 Å². The highest BCUT2D eigenvalue weighted by Gasteiger charge is 2.17.